The van der Waals surface area contributed by atoms with Crippen LogP contribution in [0.2, 0.25) is 0 Å². The van der Waals surface area contributed by atoms with E-state index in [0.29, 0.717) is 13.1 Å². The molecule has 2 rings (SSSR count). The van der Waals surface area contributed by atoms with Crippen molar-refractivity contribution in [2.75, 3.05) is 26.2 Å². The highest BCUT2D eigenvalue weighted by Crippen LogP contribution is 2.21. The average molecular weight is 332 g/mol. The van der Waals surface area contributed by atoms with E-state index in [-0.39, 0.29) is 22.7 Å². The Bertz CT molecular complexity index is 482. The van der Waals surface area contributed by atoms with Gasteiger partial charge in [0.1, 0.15) is 11.0 Å². The van der Waals surface area contributed by atoms with Crippen molar-refractivity contribution in [3.8, 4) is 0 Å². The van der Waals surface area contributed by atoms with Crippen molar-refractivity contribution in [2.24, 2.45) is 0 Å². The molecule has 9 heteroatoms. The molecule has 0 bridgehead atoms. The van der Waals surface area contributed by atoms with Gasteiger partial charge in [-0.3, -0.25) is 4.79 Å². The van der Waals surface area contributed by atoms with Crippen LogP contribution in [0, 0.1) is 10.1 Å². The summed E-state index contributed by atoms with van der Waals surface area (Å²) in [5.74, 6) is -0.348. The lowest BCUT2D eigenvalue weighted by Crippen LogP contribution is -2.36. The third kappa shape index (κ3) is 3.51. The number of nitro groups is 1. The van der Waals surface area contributed by atoms with E-state index in [1.54, 1.807) is 4.90 Å². The molecule has 1 amide bonds. The summed E-state index contributed by atoms with van der Waals surface area (Å²) in [5.41, 5.74) is 0. The second-order valence-corrected chi connectivity index (χ2v) is 5.09. The molecule has 19 heavy (non-hydrogen) atoms. The highest BCUT2D eigenvalue weighted by molar-refractivity contribution is 9.10. The highest BCUT2D eigenvalue weighted by atomic mass is 79.9. The first-order valence-electron chi connectivity index (χ1n) is 5.94. The predicted octanol–water partition coefficient (Wildman–Crippen LogP) is 0.376. The zero-order valence-electron chi connectivity index (χ0n) is 10.2. The zero-order chi connectivity index (χ0) is 13.8. The molecule has 1 aromatic rings. The molecule has 1 aromatic heterocycles. The van der Waals surface area contributed by atoms with Gasteiger partial charge in [0, 0.05) is 19.6 Å². The second-order valence-electron chi connectivity index (χ2n) is 4.24. The third-order valence-electron chi connectivity index (χ3n) is 2.86. The first kappa shape index (κ1) is 13.9. The molecule has 1 N–H and O–H groups in total. The van der Waals surface area contributed by atoms with Gasteiger partial charge in [0.15, 0.2) is 0 Å². The summed E-state index contributed by atoms with van der Waals surface area (Å²) in [6.45, 7) is 3.06. The molecule has 2 heterocycles. The number of nitrogens with zero attached hydrogens (tertiary/aromatic N) is 4. The van der Waals surface area contributed by atoms with Gasteiger partial charge in [0.2, 0.25) is 5.91 Å². The quantitative estimate of drug-likeness (QED) is 0.638. The maximum Gasteiger partial charge on any atom is 0.404 e. The smallest absolute Gasteiger partial charge is 0.358 e. The van der Waals surface area contributed by atoms with Crippen LogP contribution in [0.3, 0.4) is 0 Å². The number of amides is 1. The highest BCUT2D eigenvalue weighted by Gasteiger charge is 2.22. The minimum Gasteiger partial charge on any atom is -0.358 e. The van der Waals surface area contributed by atoms with Gasteiger partial charge < -0.3 is 20.3 Å². The lowest BCUT2D eigenvalue weighted by atomic mass is 10.4. The molecule has 0 saturated carbocycles. The van der Waals surface area contributed by atoms with Gasteiger partial charge >= 0.3 is 5.82 Å². The van der Waals surface area contributed by atoms with Gasteiger partial charge in [0.05, 0.1) is 11.3 Å². The van der Waals surface area contributed by atoms with Crippen LogP contribution in [0.5, 0.6) is 0 Å². The number of halogens is 1. The van der Waals surface area contributed by atoms with E-state index < -0.39 is 4.92 Å². The van der Waals surface area contributed by atoms with Crippen LogP contribution in [0.1, 0.15) is 6.42 Å². The predicted molar refractivity (Wildman–Crippen MR) is 70.6 cm³/mol. The van der Waals surface area contributed by atoms with Gasteiger partial charge in [-0.2, -0.15) is 4.68 Å². The first-order valence-corrected chi connectivity index (χ1v) is 6.73. The van der Waals surface area contributed by atoms with Crippen molar-refractivity contribution in [1.82, 2.24) is 20.0 Å². The number of aromatic nitrogens is 2. The Morgan fingerprint density at radius 2 is 2.32 bits per heavy atom. The van der Waals surface area contributed by atoms with Crippen molar-refractivity contribution in [3.63, 3.8) is 0 Å². The number of carbonyl (C=O) groups is 1. The van der Waals surface area contributed by atoms with Crippen LogP contribution < -0.4 is 5.32 Å². The maximum absolute atomic E-state index is 12.1. The maximum atomic E-state index is 12.1. The molecule has 0 radical (unpaired) electrons. The van der Waals surface area contributed by atoms with E-state index in [2.05, 4.69) is 26.3 Å². The van der Waals surface area contributed by atoms with Crippen molar-refractivity contribution < 1.29 is 9.72 Å². The summed E-state index contributed by atoms with van der Waals surface area (Å²) in [5, 5.41) is 17.7. The fourth-order valence-electron chi connectivity index (χ4n) is 1.93. The summed E-state index contributed by atoms with van der Waals surface area (Å²) in [4.78, 5) is 23.9. The van der Waals surface area contributed by atoms with Crippen molar-refractivity contribution in [3.05, 3.63) is 20.8 Å². The Hall–Kier alpha value is -1.48. The topological polar surface area (TPSA) is 93.3 Å². The van der Waals surface area contributed by atoms with Gasteiger partial charge in [-0.1, -0.05) is 0 Å². The molecular formula is C10H14BrN5O3. The van der Waals surface area contributed by atoms with Crippen LogP contribution >= 0.6 is 15.9 Å². The molecule has 1 saturated heterocycles. The number of nitrogens with one attached hydrogen (secondary N) is 1. The molecule has 0 spiro atoms. The van der Waals surface area contributed by atoms with Crippen LogP contribution in [0.4, 0.5) is 5.82 Å². The normalized spacial score (nSPS) is 16.2. The average Bonchev–Trinajstić information content (AvgIpc) is 2.58. The Morgan fingerprint density at radius 3 is 3.00 bits per heavy atom. The fourth-order valence-corrected chi connectivity index (χ4v) is 2.39. The molecule has 0 aromatic carbocycles. The number of rotatable bonds is 3. The van der Waals surface area contributed by atoms with Crippen LogP contribution in [-0.4, -0.2) is 51.7 Å². The Morgan fingerprint density at radius 1 is 1.53 bits per heavy atom. The second kappa shape index (κ2) is 6.11. The van der Waals surface area contributed by atoms with Crippen LogP contribution in [0.15, 0.2) is 10.7 Å². The van der Waals surface area contributed by atoms with E-state index in [4.69, 9.17) is 0 Å². The minimum absolute atomic E-state index is 0.0203. The fraction of sp³-hybridized carbons (Fsp3) is 0.600. The Labute approximate surface area is 118 Å². The Balaban J connectivity index is 2.01. The molecular weight excluding hydrogens is 318 g/mol. The van der Waals surface area contributed by atoms with Gasteiger partial charge in [0.25, 0.3) is 0 Å². The number of hydrogen-bond donors (Lipinski definition) is 1. The third-order valence-corrected chi connectivity index (χ3v) is 3.42. The zero-order valence-corrected chi connectivity index (χ0v) is 11.8. The van der Waals surface area contributed by atoms with Crippen molar-refractivity contribution in [2.45, 2.75) is 13.0 Å². The van der Waals surface area contributed by atoms with E-state index in [1.807, 2.05) is 0 Å². The summed E-state index contributed by atoms with van der Waals surface area (Å²) in [7, 11) is 0. The molecule has 8 nitrogen and oxygen atoms in total. The molecule has 1 aliphatic heterocycles. The molecule has 104 valence electrons. The summed E-state index contributed by atoms with van der Waals surface area (Å²) in [6.07, 6.45) is 2.36. The van der Waals surface area contributed by atoms with Crippen LogP contribution in [0.25, 0.3) is 0 Å². The van der Waals surface area contributed by atoms with Crippen LogP contribution in [-0.2, 0) is 11.3 Å². The number of hydrogen-bond acceptors (Lipinski definition) is 5. The van der Waals surface area contributed by atoms with Crippen molar-refractivity contribution in [1.29, 1.82) is 0 Å². The Kier molecular flexibility index (Phi) is 4.48. The lowest BCUT2D eigenvalue weighted by Gasteiger charge is -2.18. The number of carbonyl (C=O) groups excluding carboxylic acids is 1. The van der Waals surface area contributed by atoms with E-state index >= 15 is 0 Å². The molecule has 1 fully saturated rings. The summed E-state index contributed by atoms with van der Waals surface area (Å²) >= 11 is 3.06. The molecule has 0 unspecified atom stereocenters. The SMILES string of the molecule is O=C(Cn1cc(Br)c([N+](=O)[O-])n1)N1CCCNCC1. The van der Waals surface area contributed by atoms with Gasteiger partial charge in [-0.05, 0) is 33.8 Å². The van der Waals surface area contributed by atoms with E-state index in [0.717, 1.165) is 19.5 Å². The van der Waals surface area contributed by atoms with E-state index in [9.17, 15) is 14.9 Å². The van der Waals surface area contributed by atoms with Gasteiger partial charge in [-0.25, -0.2) is 0 Å². The summed E-state index contributed by atoms with van der Waals surface area (Å²) < 4.78 is 1.57. The molecule has 0 aliphatic carbocycles. The first-order chi connectivity index (χ1) is 9.08. The van der Waals surface area contributed by atoms with E-state index in [1.165, 1.54) is 10.9 Å². The summed E-state index contributed by atoms with van der Waals surface area (Å²) in [6, 6.07) is 0. The monoisotopic (exact) mass is 331 g/mol. The van der Waals surface area contributed by atoms with Crippen molar-refractivity contribution >= 4 is 27.7 Å². The molecule has 0 atom stereocenters. The largest absolute Gasteiger partial charge is 0.404 e. The van der Waals surface area contributed by atoms with Gasteiger partial charge in [-0.15, -0.1) is 0 Å². The lowest BCUT2D eigenvalue weighted by molar-refractivity contribution is -0.390. The minimum atomic E-state index is -0.582. The standard InChI is InChI=1S/C10H14BrN5O3/c11-8-6-15(13-10(8)16(18)19)7-9(17)14-4-1-2-12-3-5-14/h6,12H,1-5,7H2. The molecule has 1 aliphatic rings.